The highest BCUT2D eigenvalue weighted by atomic mass is 79.9. The van der Waals surface area contributed by atoms with Crippen molar-refractivity contribution in [1.82, 2.24) is 5.32 Å². The molecule has 0 radical (unpaired) electrons. The Kier molecular flexibility index (Phi) is 5.36. The lowest BCUT2D eigenvalue weighted by molar-refractivity contribution is -0.0396. The van der Waals surface area contributed by atoms with Gasteiger partial charge in [-0.2, -0.15) is 0 Å². The molecule has 0 amide bonds. The topological polar surface area (TPSA) is 21.3 Å². The first-order valence-corrected chi connectivity index (χ1v) is 9.14. The van der Waals surface area contributed by atoms with Gasteiger partial charge < -0.3 is 10.1 Å². The Labute approximate surface area is 136 Å². The van der Waals surface area contributed by atoms with E-state index in [4.69, 9.17) is 4.74 Å². The normalized spacial score (nSPS) is 27.5. The molecule has 0 spiro atoms. The average Bonchev–Trinajstić information content (AvgIpc) is 3.27. The predicted octanol–water partition coefficient (Wildman–Crippen LogP) is 4.84. The van der Waals surface area contributed by atoms with Crippen molar-refractivity contribution in [2.75, 3.05) is 6.54 Å². The Morgan fingerprint density at radius 1 is 1.29 bits per heavy atom. The van der Waals surface area contributed by atoms with Crippen LogP contribution in [0.1, 0.15) is 57.1 Å². The van der Waals surface area contributed by atoms with E-state index in [0.29, 0.717) is 6.10 Å². The summed E-state index contributed by atoms with van der Waals surface area (Å²) in [5.74, 6) is 0.809. The molecule has 1 N–H and O–H groups in total. The smallest absolute Gasteiger partial charge is 0.0953 e. The van der Waals surface area contributed by atoms with Gasteiger partial charge in [-0.3, -0.25) is 0 Å². The van der Waals surface area contributed by atoms with E-state index in [-0.39, 0.29) is 6.10 Å². The molecule has 2 saturated carbocycles. The van der Waals surface area contributed by atoms with Gasteiger partial charge in [0.2, 0.25) is 0 Å². The second-order valence-corrected chi connectivity index (χ2v) is 7.67. The van der Waals surface area contributed by atoms with Crippen molar-refractivity contribution >= 4 is 15.9 Å². The van der Waals surface area contributed by atoms with E-state index in [0.717, 1.165) is 23.0 Å². The minimum absolute atomic E-state index is 0.179. The molecule has 1 aromatic carbocycles. The standard InChI is InChI=1S/C18H26BrNO/c1-13-4-2-7-17(10-13)21-18(12-20-16-8-9-16)14-5-3-6-15(19)11-14/h3,5-6,11,13,16-18,20H,2,4,7-10,12H2,1H3. The third-order valence-electron chi connectivity index (χ3n) is 4.63. The van der Waals surface area contributed by atoms with Crippen LogP contribution in [0.3, 0.4) is 0 Å². The molecular weight excluding hydrogens is 326 g/mol. The number of ether oxygens (including phenoxy) is 1. The van der Waals surface area contributed by atoms with Gasteiger partial charge in [-0.1, -0.05) is 47.8 Å². The lowest BCUT2D eigenvalue weighted by Gasteiger charge is -2.31. The quantitative estimate of drug-likeness (QED) is 0.791. The van der Waals surface area contributed by atoms with Crippen LogP contribution < -0.4 is 5.32 Å². The maximum Gasteiger partial charge on any atom is 0.0953 e. The fourth-order valence-electron chi connectivity index (χ4n) is 3.25. The van der Waals surface area contributed by atoms with Crippen molar-refractivity contribution < 1.29 is 4.74 Å². The van der Waals surface area contributed by atoms with Crippen LogP contribution in [-0.2, 0) is 4.74 Å². The molecule has 0 bridgehead atoms. The number of hydrogen-bond acceptors (Lipinski definition) is 2. The molecule has 2 fully saturated rings. The first kappa shape index (κ1) is 15.5. The summed E-state index contributed by atoms with van der Waals surface area (Å²) in [5, 5.41) is 3.64. The largest absolute Gasteiger partial charge is 0.369 e. The van der Waals surface area contributed by atoms with Crippen LogP contribution in [0.4, 0.5) is 0 Å². The van der Waals surface area contributed by atoms with Crippen molar-refractivity contribution in [3.05, 3.63) is 34.3 Å². The Morgan fingerprint density at radius 3 is 2.86 bits per heavy atom. The van der Waals surface area contributed by atoms with Gasteiger partial charge in [0.05, 0.1) is 12.2 Å². The zero-order chi connectivity index (χ0) is 14.7. The maximum atomic E-state index is 6.50. The molecule has 3 atom stereocenters. The van der Waals surface area contributed by atoms with Crippen molar-refractivity contribution in [1.29, 1.82) is 0 Å². The molecule has 0 aliphatic heterocycles. The third-order valence-corrected chi connectivity index (χ3v) is 5.13. The highest BCUT2D eigenvalue weighted by Crippen LogP contribution is 2.31. The van der Waals surface area contributed by atoms with Gasteiger partial charge in [0.15, 0.2) is 0 Å². The van der Waals surface area contributed by atoms with E-state index < -0.39 is 0 Å². The van der Waals surface area contributed by atoms with Crippen LogP contribution >= 0.6 is 15.9 Å². The van der Waals surface area contributed by atoms with Crippen LogP contribution in [-0.4, -0.2) is 18.7 Å². The zero-order valence-electron chi connectivity index (χ0n) is 12.9. The molecule has 3 heteroatoms. The molecule has 2 aliphatic carbocycles. The van der Waals surface area contributed by atoms with Crippen molar-refractivity contribution in [3.8, 4) is 0 Å². The van der Waals surface area contributed by atoms with E-state index in [1.807, 2.05) is 0 Å². The van der Waals surface area contributed by atoms with Crippen LogP contribution in [0.2, 0.25) is 0 Å². The van der Waals surface area contributed by atoms with Crippen LogP contribution in [0.15, 0.2) is 28.7 Å². The lowest BCUT2D eigenvalue weighted by atomic mass is 9.88. The number of hydrogen-bond donors (Lipinski definition) is 1. The molecule has 0 saturated heterocycles. The summed E-state index contributed by atoms with van der Waals surface area (Å²) in [6.45, 7) is 3.29. The minimum atomic E-state index is 0.179. The van der Waals surface area contributed by atoms with Gasteiger partial charge in [0.1, 0.15) is 0 Å². The van der Waals surface area contributed by atoms with Gasteiger partial charge in [-0.05, 0) is 49.3 Å². The van der Waals surface area contributed by atoms with Gasteiger partial charge in [-0.25, -0.2) is 0 Å². The van der Waals surface area contributed by atoms with E-state index in [2.05, 4.69) is 52.4 Å². The monoisotopic (exact) mass is 351 g/mol. The van der Waals surface area contributed by atoms with E-state index in [1.54, 1.807) is 0 Å². The molecule has 0 aromatic heterocycles. The first-order chi connectivity index (χ1) is 10.2. The van der Waals surface area contributed by atoms with E-state index >= 15 is 0 Å². The number of benzene rings is 1. The highest BCUT2D eigenvalue weighted by molar-refractivity contribution is 9.10. The summed E-state index contributed by atoms with van der Waals surface area (Å²) in [4.78, 5) is 0. The van der Waals surface area contributed by atoms with Crippen LogP contribution in [0.25, 0.3) is 0 Å². The number of nitrogens with one attached hydrogen (secondary N) is 1. The molecule has 1 aromatic rings. The van der Waals surface area contributed by atoms with Crippen molar-refractivity contribution in [2.45, 2.75) is 63.7 Å². The minimum Gasteiger partial charge on any atom is -0.369 e. The van der Waals surface area contributed by atoms with Crippen LogP contribution in [0.5, 0.6) is 0 Å². The summed E-state index contributed by atoms with van der Waals surface area (Å²) in [6, 6.07) is 9.31. The number of halogens is 1. The average molecular weight is 352 g/mol. The summed E-state index contributed by atoms with van der Waals surface area (Å²) in [6.07, 6.45) is 8.37. The second kappa shape index (κ2) is 7.26. The fourth-order valence-corrected chi connectivity index (χ4v) is 3.66. The molecule has 116 valence electrons. The van der Waals surface area contributed by atoms with Gasteiger partial charge in [0.25, 0.3) is 0 Å². The number of rotatable bonds is 6. The van der Waals surface area contributed by atoms with E-state index in [9.17, 15) is 0 Å². The van der Waals surface area contributed by atoms with E-state index in [1.165, 1.54) is 44.1 Å². The summed E-state index contributed by atoms with van der Waals surface area (Å²) < 4.78 is 7.63. The summed E-state index contributed by atoms with van der Waals surface area (Å²) in [7, 11) is 0. The summed E-state index contributed by atoms with van der Waals surface area (Å²) in [5.41, 5.74) is 1.29. The maximum absolute atomic E-state index is 6.50. The van der Waals surface area contributed by atoms with Gasteiger partial charge >= 0.3 is 0 Å². The van der Waals surface area contributed by atoms with Gasteiger partial charge in [0, 0.05) is 17.1 Å². The predicted molar refractivity (Wildman–Crippen MR) is 90.4 cm³/mol. The second-order valence-electron chi connectivity index (χ2n) is 6.76. The van der Waals surface area contributed by atoms with Crippen molar-refractivity contribution in [2.24, 2.45) is 5.92 Å². The Morgan fingerprint density at radius 2 is 2.14 bits per heavy atom. The Bertz CT molecular complexity index is 460. The van der Waals surface area contributed by atoms with Gasteiger partial charge in [-0.15, -0.1) is 0 Å². The zero-order valence-corrected chi connectivity index (χ0v) is 14.4. The Balaban J connectivity index is 1.65. The van der Waals surface area contributed by atoms with Crippen LogP contribution in [0, 0.1) is 5.92 Å². The highest BCUT2D eigenvalue weighted by Gasteiger charge is 2.26. The third kappa shape index (κ3) is 4.80. The fraction of sp³-hybridized carbons (Fsp3) is 0.667. The Hall–Kier alpha value is -0.380. The lowest BCUT2D eigenvalue weighted by Crippen LogP contribution is -2.30. The molecular formula is C18H26BrNO. The van der Waals surface area contributed by atoms with Crippen molar-refractivity contribution in [3.63, 3.8) is 0 Å². The molecule has 2 nitrogen and oxygen atoms in total. The molecule has 3 unspecified atom stereocenters. The molecule has 0 heterocycles. The first-order valence-electron chi connectivity index (χ1n) is 8.35. The summed E-state index contributed by atoms with van der Waals surface area (Å²) >= 11 is 3.58. The SMILES string of the molecule is CC1CCCC(OC(CNC2CC2)c2cccc(Br)c2)C1. The molecule has 2 aliphatic rings. The molecule has 21 heavy (non-hydrogen) atoms. The molecule has 3 rings (SSSR count).